The summed E-state index contributed by atoms with van der Waals surface area (Å²) in [6.07, 6.45) is 3.50. The number of hydrogen-bond acceptors (Lipinski definition) is 5. The Morgan fingerprint density at radius 3 is 2.82 bits per heavy atom. The van der Waals surface area contributed by atoms with Gasteiger partial charge in [-0.15, -0.1) is 0 Å². The number of pyridine rings is 1. The molecule has 0 saturated heterocycles. The number of fused-ring (bicyclic) bond motifs is 1. The number of anilines is 1. The number of hydrogen-bond donors (Lipinski definition) is 1. The Labute approximate surface area is 135 Å². The van der Waals surface area contributed by atoms with Crippen LogP contribution in [0.1, 0.15) is 0 Å². The number of nitrogens with two attached hydrogens (primary N) is 1. The summed E-state index contributed by atoms with van der Waals surface area (Å²) in [5, 5.41) is 13.2. The summed E-state index contributed by atoms with van der Waals surface area (Å²) in [5.41, 5.74) is 5.65. The summed E-state index contributed by atoms with van der Waals surface area (Å²) in [6, 6.07) is 10.6. The van der Waals surface area contributed by atoms with Crippen molar-refractivity contribution in [3.8, 4) is 0 Å². The fourth-order valence-corrected chi connectivity index (χ4v) is 3.39. The average Bonchev–Trinajstić information content (AvgIpc) is 2.50. The molecule has 7 heteroatoms. The molecule has 0 bridgehead atoms. The molecule has 0 aliphatic rings. The van der Waals surface area contributed by atoms with Crippen molar-refractivity contribution in [2.75, 3.05) is 5.73 Å². The van der Waals surface area contributed by atoms with Crippen molar-refractivity contribution < 1.29 is 4.92 Å². The fourth-order valence-electron chi connectivity index (χ4n) is 2.10. The lowest BCUT2D eigenvalue weighted by molar-refractivity contribution is -0.383. The van der Waals surface area contributed by atoms with Crippen LogP contribution in [0.15, 0.2) is 58.6 Å². The van der Waals surface area contributed by atoms with E-state index in [4.69, 9.17) is 17.3 Å². The second-order valence-electron chi connectivity index (χ2n) is 4.55. The zero-order chi connectivity index (χ0) is 15.7. The molecule has 0 aliphatic heterocycles. The lowest BCUT2D eigenvalue weighted by atomic mass is 10.2. The number of nitrogens with zero attached hydrogens (tertiary/aromatic N) is 2. The molecule has 2 N–H and O–H groups in total. The number of nitrogen functional groups attached to an aromatic ring is 1. The SMILES string of the molecule is Nc1cc(Sc2cccc3cnccc23)c(Cl)cc1[N+](=O)[O-]. The number of nitro benzene ring substituents is 1. The molecule has 0 saturated carbocycles. The molecule has 0 atom stereocenters. The van der Waals surface area contributed by atoms with Crippen LogP contribution in [0.25, 0.3) is 10.8 Å². The third kappa shape index (κ3) is 2.70. The first-order chi connectivity index (χ1) is 10.6. The molecule has 110 valence electrons. The van der Waals surface area contributed by atoms with E-state index in [9.17, 15) is 10.1 Å². The average molecular weight is 332 g/mol. The standard InChI is InChI=1S/C15H10ClN3O2S/c16-11-6-13(19(20)21)12(17)7-15(11)22-14-3-1-2-9-8-18-5-4-10(9)14/h1-8H,17H2. The van der Waals surface area contributed by atoms with Gasteiger partial charge in [0.25, 0.3) is 5.69 Å². The summed E-state index contributed by atoms with van der Waals surface area (Å²) >= 11 is 7.57. The minimum Gasteiger partial charge on any atom is -0.393 e. The first kappa shape index (κ1) is 14.6. The summed E-state index contributed by atoms with van der Waals surface area (Å²) in [7, 11) is 0. The number of halogens is 1. The third-order valence-electron chi connectivity index (χ3n) is 3.14. The van der Waals surface area contributed by atoms with Gasteiger partial charge in [0.2, 0.25) is 0 Å². The molecule has 22 heavy (non-hydrogen) atoms. The van der Waals surface area contributed by atoms with E-state index in [0.29, 0.717) is 9.92 Å². The van der Waals surface area contributed by atoms with E-state index in [-0.39, 0.29) is 11.4 Å². The predicted molar refractivity (Wildman–Crippen MR) is 88.4 cm³/mol. The Bertz CT molecular complexity index is 881. The molecular formula is C15H10ClN3O2S. The molecule has 0 amide bonds. The van der Waals surface area contributed by atoms with E-state index in [0.717, 1.165) is 15.7 Å². The molecule has 0 unspecified atom stereocenters. The van der Waals surface area contributed by atoms with Crippen molar-refractivity contribution in [2.24, 2.45) is 0 Å². The van der Waals surface area contributed by atoms with E-state index in [1.807, 2.05) is 24.3 Å². The first-order valence-corrected chi connectivity index (χ1v) is 7.49. The van der Waals surface area contributed by atoms with Crippen LogP contribution in [0, 0.1) is 10.1 Å². The molecule has 0 aliphatic carbocycles. The van der Waals surface area contributed by atoms with Crippen LogP contribution < -0.4 is 5.73 Å². The Balaban J connectivity index is 2.06. The lowest BCUT2D eigenvalue weighted by Crippen LogP contribution is -1.96. The minimum atomic E-state index is -0.542. The highest BCUT2D eigenvalue weighted by molar-refractivity contribution is 7.99. The van der Waals surface area contributed by atoms with Crippen LogP contribution in [0.4, 0.5) is 11.4 Å². The molecule has 0 fully saturated rings. The molecule has 2 aromatic carbocycles. The number of rotatable bonds is 3. The van der Waals surface area contributed by atoms with E-state index in [1.165, 1.54) is 23.9 Å². The van der Waals surface area contributed by atoms with Crippen molar-refractivity contribution in [3.63, 3.8) is 0 Å². The normalized spacial score (nSPS) is 10.8. The van der Waals surface area contributed by atoms with Gasteiger partial charge in [-0.2, -0.15) is 0 Å². The maximum absolute atomic E-state index is 10.9. The van der Waals surface area contributed by atoms with Gasteiger partial charge in [0.1, 0.15) is 5.69 Å². The van der Waals surface area contributed by atoms with Gasteiger partial charge in [-0.1, -0.05) is 35.5 Å². The second-order valence-corrected chi connectivity index (χ2v) is 6.04. The van der Waals surface area contributed by atoms with Crippen LogP contribution in [0.3, 0.4) is 0 Å². The molecule has 0 radical (unpaired) electrons. The molecular weight excluding hydrogens is 322 g/mol. The van der Waals surface area contributed by atoms with Crippen LogP contribution in [-0.2, 0) is 0 Å². The Kier molecular flexibility index (Phi) is 3.87. The summed E-state index contributed by atoms with van der Waals surface area (Å²) in [5.74, 6) is 0. The lowest BCUT2D eigenvalue weighted by Gasteiger charge is -2.08. The number of nitro groups is 1. The highest BCUT2D eigenvalue weighted by Crippen LogP contribution is 2.40. The predicted octanol–water partition coefficient (Wildman–Crippen LogP) is 4.53. The Morgan fingerprint density at radius 1 is 1.23 bits per heavy atom. The largest absolute Gasteiger partial charge is 0.393 e. The zero-order valence-corrected chi connectivity index (χ0v) is 12.8. The van der Waals surface area contributed by atoms with Gasteiger partial charge in [-0.05, 0) is 23.6 Å². The van der Waals surface area contributed by atoms with Crippen LogP contribution in [0.2, 0.25) is 5.02 Å². The quantitative estimate of drug-likeness (QED) is 0.433. The summed E-state index contributed by atoms with van der Waals surface area (Å²) in [4.78, 5) is 16.1. The second kappa shape index (κ2) is 5.82. The maximum Gasteiger partial charge on any atom is 0.293 e. The highest BCUT2D eigenvalue weighted by Gasteiger charge is 2.16. The third-order valence-corrected chi connectivity index (χ3v) is 4.70. The monoisotopic (exact) mass is 331 g/mol. The van der Waals surface area contributed by atoms with E-state index in [2.05, 4.69) is 4.98 Å². The van der Waals surface area contributed by atoms with Crippen LogP contribution in [0.5, 0.6) is 0 Å². The smallest absolute Gasteiger partial charge is 0.293 e. The molecule has 3 aromatic rings. The summed E-state index contributed by atoms with van der Waals surface area (Å²) < 4.78 is 0. The molecule has 1 heterocycles. The van der Waals surface area contributed by atoms with Crippen molar-refractivity contribution in [1.82, 2.24) is 4.98 Å². The topological polar surface area (TPSA) is 82.0 Å². The van der Waals surface area contributed by atoms with E-state index >= 15 is 0 Å². The Morgan fingerprint density at radius 2 is 2.05 bits per heavy atom. The first-order valence-electron chi connectivity index (χ1n) is 6.30. The Hall–Kier alpha value is -2.31. The van der Waals surface area contributed by atoms with Gasteiger partial charge in [0.15, 0.2) is 0 Å². The number of benzene rings is 2. The summed E-state index contributed by atoms with van der Waals surface area (Å²) in [6.45, 7) is 0. The van der Waals surface area contributed by atoms with Crippen molar-refractivity contribution in [2.45, 2.75) is 9.79 Å². The van der Waals surface area contributed by atoms with Gasteiger partial charge in [0.05, 0.1) is 9.95 Å². The molecule has 5 nitrogen and oxygen atoms in total. The van der Waals surface area contributed by atoms with Gasteiger partial charge in [-0.3, -0.25) is 15.1 Å². The van der Waals surface area contributed by atoms with Crippen molar-refractivity contribution >= 4 is 45.5 Å². The van der Waals surface area contributed by atoms with Gasteiger partial charge in [0, 0.05) is 33.6 Å². The minimum absolute atomic E-state index is 0.0961. The van der Waals surface area contributed by atoms with E-state index in [1.54, 1.807) is 12.4 Å². The van der Waals surface area contributed by atoms with Crippen molar-refractivity contribution in [3.05, 3.63) is 63.9 Å². The molecule has 3 rings (SSSR count). The maximum atomic E-state index is 10.9. The fraction of sp³-hybridized carbons (Fsp3) is 0. The van der Waals surface area contributed by atoms with E-state index < -0.39 is 4.92 Å². The van der Waals surface area contributed by atoms with Crippen molar-refractivity contribution in [1.29, 1.82) is 0 Å². The molecule has 1 aromatic heterocycles. The van der Waals surface area contributed by atoms with Gasteiger partial charge < -0.3 is 5.73 Å². The van der Waals surface area contributed by atoms with Crippen LogP contribution in [-0.4, -0.2) is 9.91 Å². The van der Waals surface area contributed by atoms with Gasteiger partial charge in [-0.25, -0.2) is 0 Å². The zero-order valence-electron chi connectivity index (χ0n) is 11.2. The highest BCUT2D eigenvalue weighted by atomic mass is 35.5. The van der Waals surface area contributed by atoms with Crippen LogP contribution >= 0.6 is 23.4 Å². The molecule has 0 spiro atoms. The number of aromatic nitrogens is 1. The van der Waals surface area contributed by atoms with Gasteiger partial charge >= 0.3 is 0 Å².